The number of ether oxygens (including phenoxy) is 1. The summed E-state index contributed by atoms with van der Waals surface area (Å²) in [6.07, 6.45) is 1.70. The maximum absolute atomic E-state index is 12.7. The SMILES string of the molecule is O=C(NCCN1CCc2ccccc21)C1CNCC(C(=O)N2CCOCC2)C1. The Labute approximate surface area is 166 Å². The van der Waals surface area contributed by atoms with Crippen LogP contribution in [0.25, 0.3) is 0 Å². The summed E-state index contributed by atoms with van der Waals surface area (Å²) in [6.45, 7) is 6.29. The Balaban J connectivity index is 1.24. The monoisotopic (exact) mass is 386 g/mol. The van der Waals surface area contributed by atoms with Gasteiger partial charge in [0.25, 0.3) is 0 Å². The minimum absolute atomic E-state index is 0.0551. The van der Waals surface area contributed by atoms with Crippen LogP contribution in [0.3, 0.4) is 0 Å². The zero-order valence-electron chi connectivity index (χ0n) is 16.4. The Morgan fingerprint density at radius 1 is 1.11 bits per heavy atom. The molecule has 1 aromatic carbocycles. The molecule has 0 bridgehead atoms. The van der Waals surface area contributed by atoms with E-state index in [0.717, 1.165) is 19.5 Å². The van der Waals surface area contributed by atoms with Crippen LogP contribution in [-0.2, 0) is 20.7 Å². The number of hydrogen-bond donors (Lipinski definition) is 2. The van der Waals surface area contributed by atoms with Crippen molar-refractivity contribution in [3.63, 3.8) is 0 Å². The molecule has 7 nitrogen and oxygen atoms in total. The minimum atomic E-state index is -0.144. The first-order valence-corrected chi connectivity index (χ1v) is 10.4. The topological polar surface area (TPSA) is 73.9 Å². The number of para-hydroxylation sites is 1. The summed E-state index contributed by atoms with van der Waals surface area (Å²) < 4.78 is 5.33. The van der Waals surface area contributed by atoms with Gasteiger partial charge in [0.2, 0.25) is 11.8 Å². The Bertz CT molecular complexity index is 705. The van der Waals surface area contributed by atoms with E-state index in [1.807, 2.05) is 4.90 Å². The summed E-state index contributed by atoms with van der Waals surface area (Å²) in [7, 11) is 0. The molecule has 2 amide bonds. The third-order valence-corrected chi connectivity index (χ3v) is 6.06. The highest BCUT2D eigenvalue weighted by molar-refractivity contribution is 5.83. The second-order valence-corrected chi connectivity index (χ2v) is 7.88. The standard InChI is InChI=1S/C21H30N4O3/c26-20(23-6-8-24-7-5-16-3-1-2-4-19(16)24)17-13-18(15-22-14-17)21(27)25-9-11-28-12-10-25/h1-4,17-18,22H,5-15H2,(H,23,26). The second kappa shape index (κ2) is 8.92. The molecule has 3 aliphatic heterocycles. The van der Waals surface area contributed by atoms with E-state index in [-0.39, 0.29) is 23.7 Å². The average Bonchev–Trinajstić information content (AvgIpc) is 3.17. The fourth-order valence-corrected chi connectivity index (χ4v) is 4.47. The summed E-state index contributed by atoms with van der Waals surface area (Å²) in [5.74, 6) is -0.0518. The predicted molar refractivity (Wildman–Crippen MR) is 107 cm³/mol. The number of carbonyl (C=O) groups excluding carboxylic acids is 2. The average molecular weight is 386 g/mol. The summed E-state index contributed by atoms with van der Waals surface area (Å²) in [5.41, 5.74) is 2.67. The van der Waals surface area contributed by atoms with E-state index in [0.29, 0.717) is 52.4 Å². The number of anilines is 1. The first kappa shape index (κ1) is 19.2. The largest absolute Gasteiger partial charge is 0.378 e. The highest BCUT2D eigenvalue weighted by atomic mass is 16.5. The van der Waals surface area contributed by atoms with Crippen molar-refractivity contribution in [1.82, 2.24) is 15.5 Å². The molecule has 4 rings (SSSR count). The highest BCUT2D eigenvalue weighted by Crippen LogP contribution is 2.26. The Morgan fingerprint density at radius 2 is 1.89 bits per heavy atom. The number of nitrogens with zero attached hydrogens (tertiary/aromatic N) is 2. The van der Waals surface area contributed by atoms with Gasteiger partial charge in [0, 0.05) is 51.5 Å². The molecule has 0 radical (unpaired) electrons. The van der Waals surface area contributed by atoms with Gasteiger partial charge in [-0.1, -0.05) is 18.2 Å². The number of benzene rings is 1. The molecule has 2 fully saturated rings. The Kier molecular flexibility index (Phi) is 6.12. The number of piperidine rings is 1. The van der Waals surface area contributed by atoms with E-state index in [1.165, 1.54) is 11.3 Å². The molecular weight excluding hydrogens is 356 g/mol. The summed E-state index contributed by atoms with van der Waals surface area (Å²) >= 11 is 0. The molecule has 1 aromatic rings. The van der Waals surface area contributed by atoms with Crippen molar-refractivity contribution in [1.29, 1.82) is 0 Å². The molecular formula is C21H30N4O3. The van der Waals surface area contributed by atoms with Crippen molar-refractivity contribution in [3.8, 4) is 0 Å². The van der Waals surface area contributed by atoms with Gasteiger partial charge in [0.15, 0.2) is 0 Å². The zero-order valence-corrected chi connectivity index (χ0v) is 16.4. The van der Waals surface area contributed by atoms with Crippen LogP contribution >= 0.6 is 0 Å². The van der Waals surface area contributed by atoms with Crippen LogP contribution in [0.1, 0.15) is 12.0 Å². The molecule has 7 heteroatoms. The second-order valence-electron chi connectivity index (χ2n) is 7.88. The van der Waals surface area contributed by atoms with Crippen molar-refractivity contribution in [2.45, 2.75) is 12.8 Å². The lowest BCUT2D eigenvalue weighted by atomic mass is 9.88. The van der Waals surface area contributed by atoms with Crippen LogP contribution < -0.4 is 15.5 Å². The van der Waals surface area contributed by atoms with Gasteiger partial charge in [-0.15, -0.1) is 0 Å². The number of rotatable bonds is 5. The van der Waals surface area contributed by atoms with Crippen molar-refractivity contribution in [2.75, 3.05) is 63.9 Å². The third-order valence-electron chi connectivity index (χ3n) is 6.06. The number of carbonyl (C=O) groups is 2. The zero-order chi connectivity index (χ0) is 19.3. The molecule has 0 saturated carbocycles. The number of hydrogen-bond acceptors (Lipinski definition) is 5. The number of morpholine rings is 1. The van der Waals surface area contributed by atoms with E-state index < -0.39 is 0 Å². The molecule has 28 heavy (non-hydrogen) atoms. The van der Waals surface area contributed by atoms with E-state index in [2.05, 4.69) is 39.8 Å². The van der Waals surface area contributed by atoms with Crippen molar-refractivity contribution < 1.29 is 14.3 Å². The molecule has 152 valence electrons. The van der Waals surface area contributed by atoms with E-state index in [4.69, 9.17) is 4.74 Å². The maximum atomic E-state index is 12.7. The molecule has 2 atom stereocenters. The van der Waals surface area contributed by atoms with Gasteiger partial charge >= 0.3 is 0 Å². The first-order chi connectivity index (χ1) is 13.7. The van der Waals surface area contributed by atoms with Gasteiger partial charge in [-0.2, -0.15) is 0 Å². The van der Waals surface area contributed by atoms with Crippen LogP contribution in [0.4, 0.5) is 5.69 Å². The summed E-state index contributed by atoms with van der Waals surface area (Å²) in [6, 6.07) is 8.47. The van der Waals surface area contributed by atoms with E-state index >= 15 is 0 Å². The molecule has 2 N–H and O–H groups in total. The lowest BCUT2D eigenvalue weighted by molar-refractivity contribution is -0.141. The maximum Gasteiger partial charge on any atom is 0.227 e. The lowest BCUT2D eigenvalue weighted by Crippen LogP contribution is -2.51. The Hall–Kier alpha value is -2.12. The van der Waals surface area contributed by atoms with E-state index in [1.54, 1.807) is 0 Å². The number of fused-ring (bicyclic) bond motifs is 1. The highest BCUT2D eigenvalue weighted by Gasteiger charge is 2.33. The van der Waals surface area contributed by atoms with Crippen LogP contribution in [0.5, 0.6) is 0 Å². The van der Waals surface area contributed by atoms with Crippen molar-refractivity contribution >= 4 is 17.5 Å². The molecule has 2 unspecified atom stereocenters. The number of amides is 2. The quantitative estimate of drug-likeness (QED) is 0.759. The number of nitrogens with one attached hydrogen (secondary N) is 2. The van der Waals surface area contributed by atoms with Crippen molar-refractivity contribution in [2.24, 2.45) is 11.8 Å². The third kappa shape index (κ3) is 4.31. The molecule has 0 aliphatic carbocycles. The van der Waals surface area contributed by atoms with Crippen LogP contribution in [0, 0.1) is 11.8 Å². The summed E-state index contributed by atoms with van der Waals surface area (Å²) in [4.78, 5) is 29.6. The smallest absolute Gasteiger partial charge is 0.227 e. The van der Waals surface area contributed by atoms with Crippen LogP contribution in [0.2, 0.25) is 0 Å². The van der Waals surface area contributed by atoms with Gasteiger partial charge in [-0.3, -0.25) is 9.59 Å². The molecule has 3 aliphatic rings. The fourth-order valence-electron chi connectivity index (χ4n) is 4.47. The molecule has 2 saturated heterocycles. The fraction of sp³-hybridized carbons (Fsp3) is 0.619. The van der Waals surface area contributed by atoms with Crippen molar-refractivity contribution in [3.05, 3.63) is 29.8 Å². The Morgan fingerprint density at radius 3 is 2.75 bits per heavy atom. The van der Waals surface area contributed by atoms with Gasteiger partial charge < -0.3 is 25.2 Å². The normalized spacial score (nSPS) is 24.7. The summed E-state index contributed by atoms with van der Waals surface area (Å²) in [5, 5.41) is 6.36. The van der Waals surface area contributed by atoms with Gasteiger partial charge in [-0.25, -0.2) is 0 Å². The first-order valence-electron chi connectivity index (χ1n) is 10.4. The minimum Gasteiger partial charge on any atom is -0.378 e. The lowest BCUT2D eigenvalue weighted by Gasteiger charge is -2.34. The molecule has 0 spiro atoms. The van der Waals surface area contributed by atoms with Crippen LogP contribution in [0.15, 0.2) is 24.3 Å². The van der Waals surface area contributed by atoms with Gasteiger partial charge in [-0.05, 0) is 24.5 Å². The van der Waals surface area contributed by atoms with Gasteiger partial charge in [0.1, 0.15) is 0 Å². The van der Waals surface area contributed by atoms with Gasteiger partial charge in [0.05, 0.1) is 25.0 Å². The predicted octanol–water partition coefficient (Wildman–Crippen LogP) is 0.250. The molecule has 0 aromatic heterocycles. The van der Waals surface area contributed by atoms with E-state index in [9.17, 15) is 9.59 Å². The van der Waals surface area contributed by atoms with Crippen LogP contribution in [-0.4, -0.2) is 75.7 Å². The molecule has 3 heterocycles.